The first kappa shape index (κ1) is 12.9. The molecule has 5 heteroatoms. The zero-order chi connectivity index (χ0) is 10.3. The lowest BCUT2D eigenvalue weighted by Crippen LogP contribution is -2.15. The molecule has 0 fully saturated rings. The molecular weight excluding hydrogens is 192 g/mol. The van der Waals surface area contributed by atoms with Gasteiger partial charge >= 0.3 is 0 Å². The molecule has 0 aliphatic rings. The Balaban J connectivity index is 3.61. The molecule has 0 saturated carbocycles. The van der Waals surface area contributed by atoms with E-state index in [1.165, 1.54) is 0 Å². The number of hydrogen-bond acceptors (Lipinski definition) is 4. The van der Waals surface area contributed by atoms with Crippen molar-refractivity contribution >= 4 is 10.1 Å². The highest BCUT2D eigenvalue weighted by atomic mass is 32.2. The molecule has 0 spiro atoms. The van der Waals surface area contributed by atoms with Crippen molar-refractivity contribution in [1.82, 2.24) is 0 Å². The summed E-state index contributed by atoms with van der Waals surface area (Å²) in [6, 6.07) is 0. The van der Waals surface area contributed by atoms with E-state index in [1.807, 2.05) is 0 Å². The van der Waals surface area contributed by atoms with Gasteiger partial charge in [-0.3, -0.25) is 4.18 Å². The highest BCUT2D eigenvalue weighted by Gasteiger charge is 2.08. The summed E-state index contributed by atoms with van der Waals surface area (Å²) in [6.07, 6.45) is 3.74. The fourth-order valence-corrected chi connectivity index (χ4v) is 1.43. The van der Waals surface area contributed by atoms with E-state index in [0.717, 1.165) is 19.1 Å². The van der Waals surface area contributed by atoms with Gasteiger partial charge in [-0.2, -0.15) is 8.42 Å². The maximum Gasteiger partial charge on any atom is 0.264 e. The van der Waals surface area contributed by atoms with Crippen LogP contribution in [0.15, 0.2) is 0 Å². The SMILES string of the molecule is CCCC(CCOS(C)(=O)=O)OC. The van der Waals surface area contributed by atoms with Crippen molar-refractivity contribution in [3.05, 3.63) is 0 Å². The van der Waals surface area contributed by atoms with Crippen LogP contribution >= 0.6 is 0 Å². The van der Waals surface area contributed by atoms with Gasteiger partial charge < -0.3 is 4.74 Å². The summed E-state index contributed by atoms with van der Waals surface area (Å²) in [5, 5.41) is 0. The van der Waals surface area contributed by atoms with Crippen LogP contribution in [0.25, 0.3) is 0 Å². The molecule has 0 aromatic heterocycles. The standard InChI is InChI=1S/C8H18O4S/c1-4-5-8(11-2)6-7-12-13(3,9)10/h8H,4-7H2,1-3H3. The summed E-state index contributed by atoms with van der Waals surface area (Å²) in [7, 11) is -1.67. The normalized spacial score (nSPS) is 14.4. The Kier molecular flexibility index (Phi) is 6.28. The summed E-state index contributed by atoms with van der Waals surface area (Å²) in [5.74, 6) is 0. The highest BCUT2D eigenvalue weighted by Crippen LogP contribution is 2.06. The molecule has 0 N–H and O–H groups in total. The summed E-state index contributed by atoms with van der Waals surface area (Å²) in [4.78, 5) is 0. The number of ether oxygens (including phenoxy) is 1. The molecule has 0 bridgehead atoms. The average Bonchev–Trinajstić information content (AvgIpc) is 2.01. The van der Waals surface area contributed by atoms with E-state index in [9.17, 15) is 8.42 Å². The van der Waals surface area contributed by atoms with Crippen molar-refractivity contribution in [2.45, 2.75) is 32.3 Å². The maximum atomic E-state index is 10.6. The van der Waals surface area contributed by atoms with Gasteiger partial charge in [0.05, 0.1) is 19.0 Å². The summed E-state index contributed by atoms with van der Waals surface area (Å²) >= 11 is 0. The Morgan fingerprint density at radius 3 is 2.31 bits per heavy atom. The van der Waals surface area contributed by atoms with Gasteiger partial charge in [-0.05, 0) is 12.8 Å². The molecule has 0 amide bonds. The van der Waals surface area contributed by atoms with E-state index in [4.69, 9.17) is 4.74 Å². The summed E-state index contributed by atoms with van der Waals surface area (Å²) in [5.41, 5.74) is 0. The average molecular weight is 210 g/mol. The van der Waals surface area contributed by atoms with Gasteiger partial charge in [0.2, 0.25) is 0 Å². The molecular formula is C8H18O4S. The summed E-state index contributed by atoms with van der Waals surface area (Å²) in [6.45, 7) is 2.26. The van der Waals surface area contributed by atoms with Crippen LogP contribution in [0.4, 0.5) is 0 Å². The molecule has 0 radical (unpaired) electrons. The molecule has 0 rings (SSSR count). The number of hydrogen-bond donors (Lipinski definition) is 0. The Labute approximate surface area is 80.4 Å². The fourth-order valence-electron chi connectivity index (χ4n) is 1.03. The third-order valence-electron chi connectivity index (χ3n) is 1.68. The zero-order valence-corrected chi connectivity index (χ0v) is 9.26. The van der Waals surface area contributed by atoms with E-state index >= 15 is 0 Å². The van der Waals surface area contributed by atoms with Crippen LogP contribution in [0.5, 0.6) is 0 Å². The van der Waals surface area contributed by atoms with Crippen molar-refractivity contribution in [2.75, 3.05) is 20.0 Å². The minimum absolute atomic E-state index is 0.103. The predicted octanol–water partition coefficient (Wildman–Crippen LogP) is 1.17. The topological polar surface area (TPSA) is 52.6 Å². The molecule has 0 saturated heterocycles. The van der Waals surface area contributed by atoms with E-state index < -0.39 is 10.1 Å². The third-order valence-corrected chi connectivity index (χ3v) is 2.28. The number of rotatable bonds is 7. The van der Waals surface area contributed by atoms with Crippen LogP contribution < -0.4 is 0 Å². The fraction of sp³-hybridized carbons (Fsp3) is 1.00. The van der Waals surface area contributed by atoms with Crippen LogP contribution in [-0.4, -0.2) is 34.5 Å². The Bertz CT molecular complexity index is 210. The van der Waals surface area contributed by atoms with Gasteiger partial charge in [0.1, 0.15) is 0 Å². The van der Waals surface area contributed by atoms with Gasteiger partial charge in [-0.25, -0.2) is 0 Å². The van der Waals surface area contributed by atoms with Gasteiger partial charge in [0.15, 0.2) is 0 Å². The highest BCUT2D eigenvalue weighted by molar-refractivity contribution is 7.85. The largest absolute Gasteiger partial charge is 0.381 e. The summed E-state index contributed by atoms with van der Waals surface area (Å²) < 4.78 is 30.9. The predicted molar refractivity (Wildman–Crippen MR) is 51.1 cm³/mol. The minimum atomic E-state index is -3.30. The van der Waals surface area contributed by atoms with Crippen molar-refractivity contribution in [2.24, 2.45) is 0 Å². The van der Waals surface area contributed by atoms with Crippen molar-refractivity contribution < 1.29 is 17.3 Å². The maximum absolute atomic E-state index is 10.6. The van der Waals surface area contributed by atoms with E-state index in [1.54, 1.807) is 7.11 Å². The lowest BCUT2D eigenvalue weighted by molar-refractivity contribution is 0.0750. The Morgan fingerprint density at radius 1 is 1.31 bits per heavy atom. The zero-order valence-electron chi connectivity index (χ0n) is 8.45. The molecule has 13 heavy (non-hydrogen) atoms. The minimum Gasteiger partial charge on any atom is -0.381 e. The molecule has 1 atom stereocenters. The molecule has 4 nitrogen and oxygen atoms in total. The first-order valence-corrected chi connectivity index (χ1v) is 6.18. The lowest BCUT2D eigenvalue weighted by Gasteiger charge is -2.13. The van der Waals surface area contributed by atoms with E-state index in [-0.39, 0.29) is 12.7 Å². The van der Waals surface area contributed by atoms with Crippen LogP contribution in [0, 0.1) is 0 Å². The molecule has 0 aromatic rings. The second-order valence-electron chi connectivity index (χ2n) is 2.96. The van der Waals surface area contributed by atoms with Crippen molar-refractivity contribution in [3.8, 4) is 0 Å². The van der Waals surface area contributed by atoms with Gasteiger partial charge in [0.25, 0.3) is 10.1 Å². The molecule has 0 aliphatic heterocycles. The molecule has 1 unspecified atom stereocenters. The van der Waals surface area contributed by atoms with Crippen molar-refractivity contribution in [1.29, 1.82) is 0 Å². The third kappa shape index (κ3) is 8.21. The van der Waals surface area contributed by atoms with Gasteiger partial charge in [0, 0.05) is 7.11 Å². The number of methoxy groups -OCH3 is 1. The quantitative estimate of drug-likeness (QED) is 0.592. The van der Waals surface area contributed by atoms with E-state index in [2.05, 4.69) is 11.1 Å². The molecule has 80 valence electrons. The molecule has 0 aromatic carbocycles. The monoisotopic (exact) mass is 210 g/mol. The van der Waals surface area contributed by atoms with Gasteiger partial charge in [-0.15, -0.1) is 0 Å². The second-order valence-corrected chi connectivity index (χ2v) is 4.61. The Morgan fingerprint density at radius 2 is 1.92 bits per heavy atom. The van der Waals surface area contributed by atoms with Gasteiger partial charge in [-0.1, -0.05) is 13.3 Å². The smallest absolute Gasteiger partial charge is 0.264 e. The molecule has 0 aliphatic carbocycles. The van der Waals surface area contributed by atoms with Crippen LogP contribution in [-0.2, 0) is 19.0 Å². The van der Waals surface area contributed by atoms with Crippen LogP contribution in [0.2, 0.25) is 0 Å². The lowest BCUT2D eigenvalue weighted by atomic mass is 10.1. The second kappa shape index (κ2) is 6.34. The first-order chi connectivity index (χ1) is 5.99. The molecule has 0 heterocycles. The van der Waals surface area contributed by atoms with Crippen molar-refractivity contribution in [3.63, 3.8) is 0 Å². The van der Waals surface area contributed by atoms with Crippen LogP contribution in [0.1, 0.15) is 26.2 Å². The van der Waals surface area contributed by atoms with Crippen LogP contribution in [0.3, 0.4) is 0 Å². The van der Waals surface area contributed by atoms with E-state index in [0.29, 0.717) is 6.42 Å². The Hall–Kier alpha value is -0.130. The first-order valence-electron chi connectivity index (χ1n) is 4.36.